The zero-order valence-electron chi connectivity index (χ0n) is 10.1. The average Bonchev–Trinajstić information content (AvgIpc) is 2.37. The second-order valence-electron chi connectivity index (χ2n) is 4.40. The molecule has 0 aromatic heterocycles. The normalized spacial score (nSPS) is 12.4. The lowest BCUT2D eigenvalue weighted by Crippen LogP contribution is -2.14. The van der Waals surface area contributed by atoms with Gasteiger partial charge in [0.25, 0.3) is 0 Å². The third-order valence-corrected chi connectivity index (χ3v) is 3.16. The van der Waals surface area contributed by atoms with Gasteiger partial charge in [0.15, 0.2) is 0 Å². The second kappa shape index (κ2) is 6.13. The van der Waals surface area contributed by atoms with Crippen LogP contribution in [-0.2, 0) is 12.8 Å². The zero-order chi connectivity index (χ0) is 13.8. The molecule has 1 nitrogen and oxygen atoms in total. The molecule has 0 saturated heterocycles. The van der Waals surface area contributed by atoms with Crippen molar-refractivity contribution in [2.75, 3.05) is 0 Å². The molecular weight excluding hydrogens is 270 g/mol. The molecule has 2 aromatic carbocycles. The van der Waals surface area contributed by atoms with Crippen molar-refractivity contribution in [1.29, 1.82) is 0 Å². The number of hydrogen-bond acceptors (Lipinski definition) is 1. The molecule has 2 aromatic rings. The van der Waals surface area contributed by atoms with E-state index in [1.165, 1.54) is 18.2 Å². The summed E-state index contributed by atoms with van der Waals surface area (Å²) in [6.45, 7) is 0. The third kappa shape index (κ3) is 3.75. The van der Waals surface area contributed by atoms with Gasteiger partial charge in [0.1, 0.15) is 11.6 Å². The highest BCUT2D eigenvalue weighted by molar-refractivity contribution is 6.30. The van der Waals surface area contributed by atoms with Gasteiger partial charge in [-0.05, 0) is 35.7 Å². The molecule has 0 bridgehead atoms. The molecule has 19 heavy (non-hydrogen) atoms. The molecule has 0 aliphatic carbocycles. The summed E-state index contributed by atoms with van der Waals surface area (Å²) in [5, 5.41) is 9.96. The number of rotatable bonds is 4. The molecule has 0 heterocycles. The summed E-state index contributed by atoms with van der Waals surface area (Å²) >= 11 is 5.67. The van der Waals surface area contributed by atoms with Crippen molar-refractivity contribution in [3.8, 4) is 0 Å². The van der Waals surface area contributed by atoms with Crippen LogP contribution >= 0.6 is 11.6 Å². The summed E-state index contributed by atoms with van der Waals surface area (Å²) in [4.78, 5) is 0. The molecular formula is C15H13ClF2O. The van der Waals surface area contributed by atoms with Gasteiger partial charge in [-0.25, -0.2) is 8.78 Å². The average molecular weight is 283 g/mol. The number of halogens is 3. The van der Waals surface area contributed by atoms with E-state index in [0.29, 0.717) is 12.0 Å². The van der Waals surface area contributed by atoms with E-state index < -0.39 is 11.9 Å². The first-order valence-electron chi connectivity index (χ1n) is 5.91. The highest BCUT2D eigenvalue weighted by Crippen LogP contribution is 2.18. The molecule has 4 heteroatoms. The maximum absolute atomic E-state index is 13.4. The summed E-state index contributed by atoms with van der Waals surface area (Å²) in [5.74, 6) is -0.826. The van der Waals surface area contributed by atoms with Crippen molar-refractivity contribution >= 4 is 11.6 Å². The SMILES string of the molecule is OC(Cc1ccc(F)c(Cl)c1)Cc1ccccc1F. The van der Waals surface area contributed by atoms with E-state index in [0.717, 1.165) is 5.56 Å². The second-order valence-corrected chi connectivity index (χ2v) is 4.81. The van der Waals surface area contributed by atoms with Crippen LogP contribution in [0.15, 0.2) is 42.5 Å². The van der Waals surface area contributed by atoms with Crippen LogP contribution in [-0.4, -0.2) is 11.2 Å². The molecule has 1 unspecified atom stereocenters. The van der Waals surface area contributed by atoms with E-state index in [9.17, 15) is 13.9 Å². The van der Waals surface area contributed by atoms with Crippen LogP contribution in [0, 0.1) is 11.6 Å². The first-order chi connectivity index (χ1) is 9.06. The van der Waals surface area contributed by atoms with Crippen molar-refractivity contribution in [2.45, 2.75) is 18.9 Å². The molecule has 1 atom stereocenters. The molecule has 0 amide bonds. The molecule has 0 saturated carbocycles. The predicted octanol–water partition coefficient (Wildman–Crippen LogP) is 3.76. The summed E-state index contributed by atoms with van der Waals surface area (Å²) in [7, 11) is 0. The third-order valence-electron chi connectivity index (χ3n) is 2.87. The quantitative estimate of drug-likeness (QED) is 0.905. The maximum Gasteiger partial charge on any atom is 0.141 e. The van der Waals surface area contributed by atoms with E-state index in [2.05, 4.69) is 0 Å². The largest absolute Gasteiger partial charge is 0.392 e. The van der Waals surface area contributed by atoms with Gasteiger partial charge < -0.3 is 5.11 Å². The van der Waals surface area contributed by atoms with Crippen LogP contribution in [0.1, 0.15) is 11.1 Å². The minimum absolute atomic E-state index is 0.0237. The Hall–Kier alpha value is -1.45. The van der Waals surface area contributed by atoms with E-state index >= 15 is 0 Å². The summed E-state index contributed by atoms with van der Waals surface area (Å²) in [6.07, 6.45) is -0.228. The monoisotopic (exact) mass is 282 g/mol. The molecule has 0 aliphatic heterocycles. The van der Waals surface area contributed by atoms with Crippen molar-refractivity contribution in [1.82, 2.24) is 0 Å². The smallest absolute Gasteiger partial charge is 0.141 e. The van der Waals surface area contributed by atoms with Crippen LogP contribution in [0.2, 0.25) is 5.02 Å². The van der Waals surface area contributed by atoms with E-state index in [4.69, 9.17) is 11.6 Å². The molecule has 0 fully saturated rings. The fourth-order valence-corrected chi connectivity index (χ4v) is 2.13. The molecule has 2 rings (SSSR count). The van der Waals surface area contributed by atoms with Crippen LogP contribution in [0.4, 0.5) is 8.78 Å². The van der Waals surface area contributed by atoms with Crippen molar-refractivity contribution < 1.29 is 13.9 Å². The topological polar surface area (TPSA) is 20.2 Å². The van der Waals surface area contributed by atoms with Gasteiger partial charge in [-0.2, -0.15) is 0 Å². The number of hydrogen-bond donors (Lipinski definition) is 1. The summed E-state index contributed by atoms with van der Waals surface area (Å²) in [5.41, 5.74) is 1.18. The van der Waals surface area contributed by atoms with Crippen LogP contribution in [0.3, 0.4) is 0 Å². The van der Waals surface area contributed by atoms with Crippen LogP contribution in [0.25, 0.3) is 0 Å². The Morgan fingerprint density at radius 3 is 2.42 bits per heavy atom. The van der Waals surface area contributed by atoms with E-state index in [1.807, 2.05) is 0 Å². The van der Waals surface area contributed by atoms with Crippen molar-refractivity contribution in [3.05, 3.63) is 70.2 Å². The Bertz CT molecular complexity index is 572. The Morgan fingerprint density at radius 2 is 1.74 bits per heavy atom. The van der Waals surface area contributed by atoms with E-state index in [-0.39, 0.29) is 17.3 Å². The van der Waals surface area contributed by atoms with Gasteiger partial charge in [-0.15, -0.1) is 0 Å². The van der Waals surface area contributed by atoms with Gasteiger partial charge in [-0.1, -0.05) is 35.9 Å². The van der Waals surface area contributed by atoms with Crippen molar-refractivity contribution in [2.24, 2.45) is 0 Å². The first-order valence-corrected chi connectivity index (χ1v) is 6.29. The van der Waals surface area contributed by atoms with Gasteiger partial charge in [0.2, 0.25) is 0 Å². The minimum Gasteiger partial charge on any atom is -0.392 e. The van der Waals surface area contributed by atoms with Crippen molar-refractivity contribution in [3.63, 3.8) is 0 Å². The fourth-order valence-electron chi connectivity index (χ4n) is 1.93. The Labute approximate surface area is 115 Å². The molecule has 0 spiro atoms. The van der Waals surface area contributed by atoms with Crippen LogP contribution in [0.5, 0.6) is 0 Å². The summed E-state index contributed by atoms with van der Waals surface area (Å²) < 4.78 is 26.4. The molecule has 100 valence electrons. The zero-order valence-corrected chi connectivity index (χ0v) is 10.9. The maximum atomic E-state index is 13.4. The standard InChI is InChI=1S/C15H13ClF2O/c16-13-8-10(5-6-15(13)18)7-12(19)9-11-3-1-2-4-14(11)17/h1-6,8,12,19H,7,9H2. The van der Waals surface area contributed by atoms with E-state index in [1.54, 1.807) is 24.3 Å². The van der Waals surface area contributed by atoms with Gasteiger partial charge in [-0.3, -0.25) is 0 Å². The van der Waals surface area contributed by atoms with Gasteiger partial charge in [0.05, 0.1) is 11.1 Å². The predicted molar refractivity (Wildman–Crippen MR) is 71.2 cm³/mol. The number of aliphatic hydroxyl groups excluding tert-OH is 1. The highest BCUT2D eigenvalue weighted by Gasteiger charge is 2.11. The Kier molecular flexibility index (Phi) is 4.51. The lowest BCUT2D eigenvalue weighted by atomic mass is 10.0. The van der Waals surface area contributed by atoms with Gasteiger partial charge >= 0.3 is 0 Å². The lowest BCUT2D eigenvalue weighted by molar-refractivity contribution is 0.174. The summed E-state index contributed by atoms with van der Waals surface area (Å²) in [6, 6.07) is 10.6. The molecule has 0 radical (unpaired) electrons. The van der Waals surface area contributed by atoms with Crippen LogP contribution < -0.4 is 0 Å². The Morgan fingerprint density at radius 1 is 1.00 bits per heavy atom. The Balaban J connectivity index is 2.03. The number of benzene rings is 2. The lowest BCUT2D eigenvalue weighted by Gasteiger charge is -2.11. The minimum atomic E-state index is -0.738. The first kappa shape index (κ1) is 14.0. The fraction of sp³-hybridized carbons (Fsp3) is 0.200. The molecule has 1 N–H and O–H groups in total. The molecule has 0 aliphatic rings. The number of aliphatic hydroxyl groups is 1. The van der Waals surface area contributed by atoms with Gasteiger partial charge in [0, 0.05) is 6.42 Å². The highest BCUT2D eigenvalue weighted by atomic mass is 35.5.